The molecule has 1 rings (SSSR count). The zero-order valence-corrected chi connectivity index (χ0v) is 11.8. The first-order valence-electron chi connectivity index (χ1n) is 7.21. The summed E-state index contributed by atoms with van der Waals surface area (Å²) in [5.41, 5.74) is -0.422. The van der Waals surface area contributed by atoms with Gasteiger partial charge in [0.1, 0.15) is 0 Å². The molecular formula is C15H28O2. The molecule has 0 aromatic rings. The molecule has 0 unspecified atom stereocenters. The van der Waals surface area contributed by atoms with E-state index in [9.17, 15) is 9.90 Å². The van der Waals surface area contributed by atoms with Crippen molar-refractivity contribution in [2.45, 2.75) is 66.2 Å². The second-order valence-corrected chi connectivity index (χ2v) is 6.06. The van der Waals surface area contributed by atoms with Gasteiger partial charge in [0, 0.05) is 0 Å². The van der Waals surface area contributed by atoms with Crippen molar-refractivity contribution in [1.29, 1.82) is 0 Å². The lowest BCUT2D eigenvalue weighted by molar-refractivity contribution is -0.157. The van der Waals surface area contributed by atoms with Crippen LogP contribution < -0.4 is 0 Å². The highest BCUT2D eigenvalue weighted by atomic mass is 16.4. The Balaban J connectivity index is 2.80. The lowest BCUT2D eigenvalue weighted by atomic mass is 9.61. The van der Waals surface area contributed by atoms with Crippen LogP contribution in [0, 0.1) is 23.2 Å². The van der Waals surface area contributed by atoms with Crippen LogP contribution in [0.2, 0.25) is 0 Å². The Morgan fingerprint density at radius 3 is 2.00 bits per heavy atom. The van der Waals surface area contributed by atoms with Gasteiger partial charge in [-0.2, -0.15) is 0 Å². The molecule has 1 saturated carbocycles. The molecular weight excluding hydrogens is 212 g/mol. The molecule has 1 N–H and O–H groups in total. The van der Waals surface area contributed by atoms with Crippen molar-refractivity contribution in [3.8, 4) is 0 Å². The Labute approximate surface area is 106 Å². The largest absolute Gasteiger partial charge is 0.481 e. The summed E-state index contributed by atoms with van der Waals surface area (Å²) < 4.78 is 0. The van der Waals surface area contributed by atoms with Crippen LogP contribution in [0.25, 0.3) is 0 Å². The minimum atomic E-state index is -0.548. The maximum Gasteiger partial charge on any atom is 0.309 e. The molecule has 0 aromatic carbocycles. The number of aliphatic carboxylic acids is 1. The molecule has 100 valence electrons. The minimum Gasteiger partial charge on any atom is -0.481 e. The molecule has 0 aliphatic heterocycles. The normalized spacial score (nSPS) is 29.9. The van der Waals surface area contributed by atoms with Gasteiger partial charge in [-0.1, -0.05) is 40.5 Å². The fraction of sp³-hybridized carbons (Fsp3) is 0.933. The topological polar surface area (TPSA) is 37.3 Å². The van der Waals surface area contributed by atoms with Crippen LogP contribution in [0.3, 0.4) is 0 Å². The van der Waals surface area contributed by atoms with E-state index >= 15 is 0 Å². The fourth-order valence-electron chi connectivity index (χ4n) is 3.69. The van der Waals surface area contributed by atoms with Crippen LogP contribution >= 0.6 is 0 Å². The molecule has 0 bridgehead atoms. The SMILES string of the molecule is CCC(CC)C1(C(=O)O)CCC(C(C)C)CC1. The third-order valence-electron chi connectivity index (χ3n) is 5.06. The summed E-state index contributed by atoms with van der Waals surface area (Å²) in [6.45, 7) is 8.78. The molecule has 2 nitrogen and oxygen atoms in total. The van der Waals surface area contributed by atoms with Crippen molar-refractivity contribution in [3.05, 3.63) is 0 Å². The fourth-order valence-corrected chi connectivity index (χ4v) is 3.69. The van der Waals surface area contributed by atoms with Crippen molar-refractivity contribution >= 4 is 5.97 Å². The van der Waals surface area contributed by atoms with E-state index in [1.165, 1.54) is 0 Å². The number of rotatable bonds is 5. The Kier molecular flexibility index (Phi) is 5.03. The standard InChI is InChI=1S/C15H28O2/c1-5-13(6-2)15(14(16)17)9-7-12(8-10-15)11(3)4/h11-13H,5-10H2,1-4H3,(H,16,17). The molecule has 0 atom stereocenters. The van der Waals surface area contributed by atoms with E-state index in [0.29, 0.717) is 11.8 Å². The van der Waals surface area contributed by atoms with Gasteiger partial charge in [-0.25, -0.2) is 0 Å². The van der Waals surface area contributed by atoms with Gasteiger partial charge in [-0.05, 0) is 43.4 Å². The molecule has 17 heavy (non-hydrogen) atoms. The average Bonchev–Trinajstić information content (AvgIpc) is 2.30. The number of hydrogen-bond acceptors (Lipinski definition) is 1. The first kappa shape index (κ1) is 14.5. The first-order chi connectivity index (χ1) is 7.97. The van der Waals surface area contributed by atoms with Crippen LogP contribution in [-0.2, 0) is 4.79 Å². The zero-order valence-electron chi connectivity index (χ0n) is 11.8. The summed E-state index contributed by atoms with van der Waals surface area (Å²) in [6, 6.07) is 0. The van der Waals surface area contributed by atoms with Crippen molar-refractivity contribution in [3.63, 3.8) is 0 Å². The molecule has 0 aromatic heterocycles. The predicted molar refractivity (Wildman–Crippen MR) is 70.9 cm³/mol. The maximum absolute atomic E-state index is 11.7. The van der Waals surface area contributed by atoms with Crippen LogP contribution in [0.15, 0.2) is 0 Å². The Morgan fingerprint density at radius 1 is 1.24 bits per heavy atom. The molecule has 0 saturated heterocycles. The molecule has 0 spiro atoms. The van der Waals surface area contributed by atoms with E-state index in [2.05, 4.69) is 27.7 Å². The lowest BCUT2D eigenvalue weighted by Gasteiger charge is -2.43. The Morgan fingerprint density at radius 2 is 1.71 bits per heavy atom. The maximum atomic E-state index is 11.7. The van der Waals surface area contributed by atoms with E-state index in [1.54, 1.807) is 0 Å². The minimum absolute atomic E-state index is 0.355. The van der Waals surface area contributed by atoms with E-state index in [4.69, 9.17) is 0 Å². The monoisotopic (exact) mass is 240 g/mol. The highest BCUT2D eigenvalue weighted by molar-refractivity contribution is 5.75. The highest BCUT2D eigenvalue weighted by Crippen LogP contribution is 2.48. The number of carboxylic acid groups (broad SMARTS) is 1. The van der Waals surface area contributed by atoms with Crippen molar-refractivity contribution in [1.82, 2.24) is 0 Å². The van der Waals surface area contributed by atoms with Gasteiger partial charge in [-0.3, -0.25) is 4.79 Å². The summed E-state index contributed by atoms with van der Waals surface area (Å²) in [5.74, 6) is 1.24. The van der Waals surface area contributed by atoms with E-state index < -0.39 is 11.4 Å². The summed E-state index contributed by atoms with van der Waals surface area (Å²) in [5, 5.41) is 9.65. The number of carbonyl (C=O) groups is 1. The summed E-state index contributed by atoms with van der Waals surface area (Å²) in [7, 11) is 0. The predicted octanol–water partition coefficient (Wildman–Crippen LogP) is 4.34. The highest BCUT2D eigenvalue weighted by Gasteiger charge is 2.46. The molecule has 0 radical (unpaired) electrons. The first-order valence-corrected chi connectivity index (χ1v) is 7.21. The molecule has 1 aliphatic carbocycles. The van der Waals surface area contributed by atoms with Crippen molar-refractivity contribution in [2.24, 2.45) is 23.2 Å². The van der Waals surface area contributed by atoms with E-state index in [-0.39, 0.29) is 0 Å². The van der Waals surface area contributed by atoms with Gasteiger partial charge >= 0.3 is 5.97 Å². The van der Waals surface area contributed by atoms with Gasteiger partial charge in [0.15, 0.2) is 0 Å². The van der Waals surface area contributed by atoms with Gasteiger partial charge in [0.05, 0.1) is 5.41 Å². The van der Waals surface area contributed by atoms with Crippen LogP contribution in [0.5, 0.6) is 0 Å². The quantitative estimate of drug-likeness (QED) is 0.776. The second-order valence-electron chi connectivity index (χ2n) is 6.06. The van der Waals surface area contributed by atoms with E-state index in [0.717, 1.165) is 44.4 Å². The summed E-state index contributed by atoms with van der Waals surface area (Å²) >= 11 is 0. The van der Waals surface area contributed by atoms with Crippen LogP contribution in [0.1, 0.15) is 66.2 Å². The number of hydrogen-bond donors (Lipinski definition) is 1. The molecule has 2 heteroatoms. The number of carboxylic acids is 1. The smallest absolute Gasteiger partial charge is 0.309 e. The van der Waals surface area contributed by atoms with Crippen molar-refractivity contribution < 1.29 is 9.90 Å². The average molecular weight is 240 g/mol. The molecule has 0 heterocycles. The second kappa shape index (κ2) is 5.88. The summed E-state index contributed by atoms with van der Waals surface area (Å²) in [6.07, 6.45) is 5.96. The van der Waals surface area contributed by atoms with Gasteiger partial charge in [0.2, 0.25) is 0 Å². The summed E-state index contributed by atoms with van der Waals surface area (Å²) in [4.78, 5) is 11.7. The van der Waals surface area contributed by atoms with Crippen LogP contribution in [-0.4, -0.2) is 11.1 Å². The van der Waals surface area contributed by atoms with Gasteiger partial charge < -0.3 is 5.11 Å². The third-order valence-corrected chi connectivity index (χ3v) is 5.06. The molecule has 1 aliphatic rings. The van der Waals surface area contributed by atoms with Crippen molar-refractivity contribution in [2.75, 3.05) is 0 Å². The Bertz CT molecular complexity index is 246. The van der Waals surface area contributed by atoms with Gasteiger partial charge in [0.25, 0.3) is 0 Å². The third kappa shape index (κ3) is 2.83. The zero-order chi connectivity index (χ0) is 13.1. The Hall–Kier alpha value is -0.530. The van der Waals surface area contributed by atoms with E-state index in [1.807, 2.05) is 0 Å². The van der Waals surface area contributed by atoms with Gasteiger partial charge in [-0.15, -0.1) is 0 Å². The van der Waals surface area contributed by atoms with Crippen LogP contribution in [0.4, 0.5) is 0 Å². The molecule has 0 amide bonds. The molecule has 1 fully saturated rings. The lowest BCUT2D eigenvalue weighted by Crippen LogP contribution is -2.42.